The van der Waals surface area contributed by atoms with Gasteiger partial charge >= 0.3 is 23.9 Å². The summed E-state index contributed by atoms with van der Waals surface area (Å²) in [6.45, 7) is 0. The average molecular weight is 625 g/mol. The van der Waals surface area contributed by atoms with Crippen molar-refractivity contribution in [1.82, 2.24) is 0 Å². The topological polar surface area (TPSA) is 139 Å². The molecule has 10 heteroatoms. The van der Waals surface area contributed by atoms with Gasteiger partial charge < -0.3 is 18.9 Å². The molecule has 8 bridgehead atoms. The van der Waals surface area contributed by atoms with Crippen molar-refractivity contribution in [2.24, 2.45) is 47.3 Å². The Labute approximate surface area is 264 Å². The molecule has 12 atom stereocenters. The van der Waals surface area contributed by atoms with Crippen LogP contribution < -0.4 is 0 Å². The number of methoxy groups -OCH3 is 2. The lowest BCUT2D eigenvalue weighted by molar-refractivity contribution is -0.208. The van der Waals surface area contributed by atoms with Crippen LogP contribution in [0.15, 0.2) is 48.5 Å². The molecule has 0 radical (unpaired) electrons. The molecule has 10 aliphatic rings. The monoisotopic (exact) mass is 624 g/mol. The van der Waals surface area contributed by atoms with Gasteiger partial charge in [-0.3, -0.25) is 28.8 Å². The van der Waals surface area contributed by atoms with E-state index in [1.165, 1.54) is 25.3 Å². The van der Waals surface area contributed by atoms with E-state index in [0.29, 0.717) is 12.8 Å². The summed E-state index contributed by atoms with van der Waals surface area (Å²) in [6.07, 6.45) is 1.07. The molecule has 0 N–H and O–H groups in total. The summed E-state index contributed by atoms with van der Waals surface area (Å²) >= 11 is 0. The first-order valence-electron chi connectivity index (χ1n) is 16.0. The van der Waals surface area contributed by atoms with E-state index in [1.54, 1.807) is 0 Å². The van der Waals surface area contributed by atoms with Gasteiger partial charge in [-0.25, -0.2) is 0 Å². The van der Waals surface area contributed by atoms with Gasteiger partial charge in [-0.2, -0.15) is 0 Å². The Morgan fingerprint density at radius 2 is 1.04 bits per heavy atom. The fourth-order valence-electron chi connectivity index (χ4n) is 11.7. The van der Waals surface area contributed by atoms with Crippen molar-refractivity contribution in [3.8, 4) is 0 Å². The maximum absolute atomic E-state index is 12.8. The Balaban J connectivity index is 0.000000127. The summed E-state index contributed by atoms with van der Waals surface area (Å²) in [5, 5.41) is 0. The van der Waals surface area contributed by atoms with Crippen LogP contribution in [0, 0.1) is 47.3 Å². The largest absolute Gasteiger partial charge is 0.469 e. The molecule has 0 unspecified atom stereocenters. The zero-order valence-electron chi connectivity index (χ0n) is 25.3. The van der Waals surface area contributed by atoms with E-state index in [2.05, 4.69) is 12.1 Å². The molecule has 12 rings (SSSR count). The maximum Gasteiger partial charge on any atom is 0.313 e. The Morgan fingerprint density at radius 1 is 0.652 bits per heavy atom. The highest BCUT2D eigenvalue weighted by atomic mass is 16.6. The lowest BCUT2D eigenvalue weighted by Crippen LogP contribution is -2.64. The number of benzene rings is 2. The highest BCUT2D eigenvalue weighted by Gasteiger charge is 2.78. The first-order valence-corrected chi connectivity index (χ1v) is 16.0. The van der Waals surface area contributed by atoms with Crippen molar-refractivity contribution < 1.29 is 47.7 Å². The van der Waals surface area contributed by atoms with Crippen LogP contribution in [0.1, 0.15) is 35.1 Å². The number of ether oxygens (including phenoxy) is 4. The SMILES string of the molecule is COC(=O)[C@@H]1[C@@H]2OC(=O)[C@@H]3[C@H]1C(=O)C[C@@]31c3ccccc3C[C@@H]21.COC(=O)[C@H]1[C@H]2OC(=O)[C@H]3[C@@H]1C(=O)C[C@]31c3ccccc3C[C@H]21. The minimum atomic E-state index is -0.648. The molecule has 0 amide bonds. The van der Waals surface area contributed by atoms with E-state index in [4.69, 9.17) is 18.9 Å². The van der Waals surface area contributed by atoms with Gasteiger partial charge in [0.1, 0.15) is 35.6 Å². The lowest BCUT2D eigenvalue weighted by atomic mass is 9.55. The van der Waals surface area contributed by atoms with Crippen molar-refractivity contribution in [1.29, 1.82) is 0 Å². The number of hydrogen-bond donors (Lipinski definition) is 0. The second-order valence-electron chi connectivity index (χ2n) is 14.2. The first kappa shape index (κ1) is 27.9. The van der Waals surface area contributed by atoms with Crippen LogP contribution in [0.4, 0.5) is 0 Å². The number of Topliss-reactive ketones (excluding diaryl/α,β-unsaturated/α-hetero) is 2. The van der Waals surface area contributed by atoms with Crippen molar-refractivity contribution in [3.63, 3.8) is 0 Å². The highest BCUT2D eigenvalue weighted by Crippen LogP contribution is 2.69. The summed E-state index contributed by atoms with van der Waals surface area (Å²) in [5.74, 6) is -5.06. The molecule has 6 aliphatic carbocycles. The predicted octanol–water partition coefficient (Wildman–Crippen LogP) is 2.06. The van der Waals surface area contributed by atoms with Crippen LogP contribution in [0.2, 0.25) is 0 Å². The molecule has 4 heterocycles. The molecule has 4 saturated heterocycles. The van der Waals surface area contributed by atoms with Crippen LogP contribution in [0.5, 0.6) is 0 Å². The summed E-state index contributed by atoms with van der Waals surface area (Å²) < 4.78 is 21.0. The third-order valence-electron chi connectivity index (χ3n) is 13.0. The lowest BCUT2D eigenvalue weighted by Gasteiger charge is -2.53. The number of hydrogen-bond acceptors (Lipinski definition) is 10. The van der Waals surface area contributed by atoms with Crippen LogP contribution in [-0.4, -0.2) is 61.9 Å². The van der Waals surface area contributed by atoms with Gasteiger partial charge in [0.2, 0.25) is 0 Å². The second-order valence-corrected chi connectivity index (χ2v) is 14.2. The van der Waals surface area contributed by atoms with E-state index < -0.39 is 70.5 Å². The summed E-state index contributed by atoms with van der Waals surface area (Å²) in [4.78, 5) is 75.2. The van der Waals surface area contributed by atoms with Crippen LogP contribution in [0.3, 0.4) is 0 Å². The normalized spacial score (nSPS) is 42.2. The van der Waals surface area contributed by atoms with Crippen LogP contribution in [-0.2, 0) is 71.4 Å². The molecule has 10 nitrogen and oxygen atoms in total. The van der Waals surface area contributed by atoms with Gasteiger partial charge in [0, 0.05) is 47.3 Å². The standard InChI is InChI=1S/2C18H16O5/c2*1-22-16(20)13-12-11(19)7-18-9-5-3-2-4-8(9)6-10(18)15(13)23-17(21)14(12)18/h2*2-5,10,12-15H,6-7H2,1H3/t2*10-,12-,13-,14-,15+,18-/m10/s1. The molecular formula is C36H32O10. The summed E-state index contributed by atoms with van der Waals surface area (Å²) in [5.41, 5.74) is 3.62. The number of fused-ring (bicyclic) bond motifs is 4. The van der Waals surface area contributed by atoms with Crippen molar-refractivity contribution in [2.75, 3.05) is 14.2 Å². The van der Waals surface area contributed by atoms with Crippen LogP contribution >= 0.6 is 0 Å². The molecule has 8 fully saturated rings. The number of rotatable bonds is 2. The fraction of sp³-hybridized carbons (Fsp3) is 0.500. The number of esters is 4. The van der Waals surface area contributed by atoms with Gasteiger partial charge in [0.05, 0.1) is 26.1 Å². The predicted molar refractivity (Wildman–Crippen MR) is 155 cm³/mol. The zero-order chi connectivity index (χ0) is 31.9. The Kier molecular flexibility index (Phi) is 5.55. The Hall–Kier alpha value is -4.34. The van der Waals surface area contributed by atoms with Gasteiger partial charge in [-0.05, 0) is 35.1 Å². The summed E-state index contributed by atoms with van der Waals surface area (Å²) in [6, 6.07) is 16.0. The molecule has 2 spiro atoms. The molecule has 236 valence electrons. The highest BCUT2D eigenvalue weighted by molar-refractivity contribution is 6.01. The van der Waals surface area contributed by atoms with Gasteiger partial charge in [-0.1, -0.05) is 48.5 Å². The smallest absolute Gasteiger partial charge is 0.313 e. The van der Waals surface area contributed by atoms with E-state index in [9.17, 15) is 28.8 Å². The average Bonchev–Trinajstić information content (AvgIpc) is 3.75. The van der Waals surface area contributed by atoms with Crippen molar-refractivity contribution in [2.45, 2.75) is 48.7 Å². The van der Waals surface area contributed by atoms with Crippen LogP contribution in [0.25, 0.3) is 0 Å². The molecule has 0 aromatic heterocycles. The quantitative estimate of drug-likeness (QED) is 0.360. The third-order valence-corrected chi connectivity index (χ3v) is 13.0. The number of carbonyl (C=O) groups excluding carboxylic acids is 6. The van der Waals surface area contributed by atoms with E-state index >= 15 is 0 Å². The van der Waals surface area contributed by atoms with E-state index in [0.717, 1.165) is 24.0 Å². The van der Waals surface area contributed by atoms with Gasteiger partial charge in [-0.15, -0.1) is 0 Å². The minimum absolute atomic E-state index is 0.00519. The molecular weight excluding hydrogens is 592 g/mol. The zero-order valence-corrected chi connectivity index (χ0v) is 25.3. The molecule has 4 aliphatic heterocycles. The Morgan fingerprint density at radius 3 is 1.43 bits per heavy atom. The van der Waals surface area contributed by atoms with Crippen molar-refractivity contribution in [3.05, 3.63) is 70.8 Å². The first-order chi connectivity index (χ1) is 22.2. The minimum Gasteiger partial charge on any atom is -0.469 e. The van der Waals surface area contributed by atoms with E-state index in [1.807, 2.05) is 36.4 Å². The summed E-state index contributed by atoms with van der Waals surface area (Å²) in [7, 11) is 2.64. The van der Waals surface area contributed by atoms with E-state index in [-0.39, 0.29) is 35.3 Å². The number of carbonyl (C=O) groups is 6. The molecule has 2 aromatic rings. The Bertz CT molecular complexity index is 1670. The molecule has 4 saturated carbocycles. The second kappa shape index (κ2) is 9.14. The van der Waals surface area contributed by atoms with Gasteiger partial charge in [0.15, 0.2) is 0 Å². The number of ketones is 2. The maximum atomic E-state index is 12.8. The molecule has 46 heavy (non-hydrogen) atoms. The third kappa shape index (κ3) is 3.04. The fourth-order valence-corrected chi connectivity index (χ4v) is 11.7. The van der Waals surface area contributed by atoms with Gasteiger partial charge in [0.25, 0.3) is 0 Å². The van der Waals surface area contributed by atoms with Crippen molar-refractivity contribution >= 4 is 35.4 Å². The molecule has 2 aromatic carbocycles.